The zero-order chi connectivity index (χ0) is 19.8. The highest BCUT2D eigenvalue weighted by Crippen LogP contribution is 2.24. The SMILES string of the molecule is CC1CN(C(=O)c2cc3cc(Cl)ccc3[nH]2)C(C)CN1Cc1ccc(Cl)cc1. The van der Waals surface area contributed by atoms with E-state index in [0.717, 1.165) is 29.0 Å². The van der Waals surface area contributed by atoms with E-state index in [9.17, 15) is 4.79 Å². The van der Waals surface area contributed by atoms with E-state index in [2.05, 4.69) is 35.9 Å². The van der Waals surface area contributed by atoms with Gasteiger partial charge in [0.25, 0.3) is 5.91 Å². The highest BCUT2D eigenvalue weighted by molar-refractivity contribution is 6.31. The molecular weight excluding hydrogens is 393 g/mol. The van der Waals surface area contributed by atoms with Gasteiger partial charge in [0, 0.05) is 52.7 Å². The summed E-state index contributed by atoms with van der Waals surface area (Å²) in [5.41, 5.74) is 2.77. The first-order valence-electron chi connectivity index (χ1n) is 9.48. The van der Waals surface area contributed by atoms with Gasteiger partial charge in [-0.1, -0.05) is 35.3 Å². The van der Waals surface area contributed by atoms with Crippen molar-refractivity contribution in [3.05, 3.63) is 69.8 Å². The number of nitrogens with zero attached hydrogens (tertiary/aromatic N) is 2. The lowest BCUT2D eigenvalue weighted by molar-refractivity contribution is 0.0287. The van der Waals surface area contributed by atoms with Crippen LogP contribution in [0.25, 0.3) is 10.9 Å². The maximum absolute atomic E-state index is 13.1. The Kier molecular flexibility index (Phi) is 5.37. The van der Waals surface area contributed by atoms with Crippen LogP contribution >= 0.6 is 23.2 Å². The second-order valence-corrected chi connectivity index (χ2v) is 8.50. The predicted molar refractivity (Wildman–Crippen MR) is 115 cm³/mol. The molecule has 4 nitrogen and oxygen atoms in total. The molecule has 0 aliphatic carbocycles. The summed E-state index contributed by atoms with van der Waals surface area (Å²) in [5.74, 6) is 0.0396. The Morgan fingerprint density at radius 1 is 1.00 bits per heavy atom. The van der Waals surface area contributed by atoms with Crippen LogP contribution in [0.1, 0.15) is 29.9 Å². The number of carbonyl (C=O) groups is 1. The van der Waals surface area contributed by atoms with Crippen molar-refractivity contribution in [2.45, 2.75) is 32.5 Å². The Morgan fingerprint density at radius 3 is 2.46 bits per heavy atom. The van der Waals surface area contributed by atoms with Gasteiger partial charge >= 0.3 is 0 Å². The fraction of sp³-hybridized carbons (Fsp3) is 0.318. The molecule has 0 bridgehead atoms. The number of H-pyrrole nitrogens is 1. The van der Waals surface area contributed by atoms with Crippen LogP contribution in [0.5, 0.6) is 0 Å². The van der Waals surface area contributed by atoms with Crippen molar-refractivity contribution in [3.63, 3.8) is 0 Å². The Morgan fingerprint density at radius 2 is 1.71 bits per heavy atom. The van der Waals surface area contributed by atoms with Crippen molar-refractivity contribution >= 4 is 40.0 Å². The van der Waals surface area contributed by atoms with Crippen LogP contribution in [0.3, 0.4) is 0 Å². The van der Waals surface area contributed by atoms with Crippen molar-refractivity contribution in [2.75, 3.05) is 13.1 Å². The zero-order valence-electron chi connectivity index (χ0n) is 16.0. The molecule has 2 unspecified atom stereocenters. The number of rotatable bonds is 3. The Balaban J connectivity index is 1.48. The molecule has 3 aromatic rings. The number of fused-ring (bicyclic) bond motifs is 1. The predicted octanol–water partition coefficient (Wildman–Crippen LogP) is 5.21. The van der Waals surface area contributed by atoms with Crippen LogP contribution in [-0.2, 0) is 6.54 Å². The van der Waals surface area contributed by atoms with Gasteiger partial charge in [-0.25, -0.2) is 0 Å². The minimum Gasteiger partial charge on any atom is -0.351 e. The van der Waals surface area contributed by atoms with E-state index in [4.69, 9.17) is 23.2 Å². The first kappa shape index (κ1) is 19.3. The first-order valence-corrected chi connectivity index (χ1v) is 10.2. The molecule has 1 amide bonds. The topological polar surface area (TPSA) is 39.3 Å². The molecule has 1 saturated heterocycles. The summed E-state index contributed by atoms with van der Waals surface area (Å²) in [4.78, 5) is 20.8. The van der Waals surface area contributed by atoms with Crippen molar-refractivity contribution in [1.29, 1.82) is 0 Å². The summed E-state index contributed by atoms with van der Waals surface area (Å²) in [5, 5.41) is 2.38. The number of aromatic nitrogens is 1. The monoisotopic (exact) mass is 415 g/mol. The number of piperazine rings is 1. The maximum atomic E-state index is 13.1. The molecule has 146 valence electrons. The number of halogens is 2. The quantitative estimate of drug-likeness (QED) is 0.637. The van der Waals surface area contributed by atoms with E-state index in [0.29, 0.717) is 17.3 Å². The Labute approximate surface area is 175 Å². The first-order chi connectivity index (χ1) is 13.4. The number of hydrogen-bond acceptors (Lipinski definition) is 2. The normalized spacial score (nSPS) is 20.6. The summed E-state index contributed by atoms with van der Waals surface area (Å²) in [6.07, 6.45) is 0. The fourth-order valence-corrected chi connectivity index (χ4v) is 4.21. The van der Waals surface area contributed by atoms with Gasteiger partial charge in [-0.2, -0.15) is 0 Å². The minimum absolute atomic E-state index is 0.0396. The van der Waals surface area contributed by atoms with Crippen molar-refractivity contribution < 1.29 is 4.79 Å². The molecule has 1 aromatic heterocycles. The van der Waals surface area contributed by atoms with Crippen LogP contribution in [-0.4, -0.2) is 45.9 Å². The molecule has 0 saturated carbocycles. The number of carbonyl (C=O) groups excluding carboxylic acids is 1. The van der Waals surface area contributed by atoms with Gasteiger partial charge in [0.05, 0.1) is 0 Å². The number of benzene rings is 2. The van der Waals surface area contributed by atoms with Gasteiger partial charge in [0.1, 0.15) is 5.69 Å². The molecule has 1 N–H and O–H groups in total. The van der Waals surface area contributed by atoms with Gasteiger partial charge < -0.3 is 9.88 Å². The fourth-order valence-electron chi connectivity index (χ4n) is 3.90. The summed E-state index contributed by atoms with van der Waals surface area (Å²) in [6.45, 7) is 6.67. The van der Waals surface area contributed by atoms with E-state index < -0.39 is 0 Å². The largest absolute Gasteiger partial charge is 0.351 e. The van der Waals surface area contributed by atoms with Crippen LogP contribution in [0.15, 0.2) is 48.5 Å². The van der Waals surface area contributed by atoms with Gasteiger partial charge in [-0.05, 0) is 55.8 Å². The summed E-state index contributed by atoms with van der Waals surface area (Å²) < 4.78 is 0. The van der Waals surface area contributed by atoms with Gasteiger partial charge in [0.15, 0.2) is 0 Å². The molecule has 0 radical (unpaired) electrons. The molecule has 1 fully saturated rings. The molecule has 2 atom stereocenters. The summed E-state index contributed by atoms with van der Waals surface area (Å²) in [7, 11) is 0. The van der Waals surface area contributed by atoms with E-state index >= 15 is 0 Å². The third-order valence-corrected chi connectivity index (χ3v) is 5.98. The average Bonchev–Trinajstić information content (AvgIpc) is 3.09. The lowest BCUT2D eigenvalue weighted by Crippen LogP contribution is -2.57. The molecule has 4 rings (SSSR count). The number of amides is 1. The van der Waals surface area contributed by atoms with E-state index in [1.54, 1.807) is 0 Å². The molecule has 2 heterocycles. The van der Waals surface area contributed by atoms with Crippen molar-refractivity contribution in [3.8, 4) is 0 Å². The van der Waals surface area contributed by atoms with E-state index in [1.807, 2.05) is 41.3 Å². The third-order valence-electron chi connectivity index (χ3n) is 5.49. The molecule has 6 heteroatoms. The maximum Gasteiger partial charge on any atom is 0.270 e. The van der Waals surface area contributed by atoms with E-state index in [1.165, 1.54) is 5.56 Å². The highest BCUT2D eigenvalue weighted by atomic mass is 35.5. The molecule has 0 spiro atoms. The lowest BCUT2D eigenvalue weighted by Gasteiger charge is -2.44. The van der Waals surface area contributed by atoms with Gasteiger partial charge in [-0.3, -0.25) is 9.69 Å². The van der Waals surface area contributed by atoms with Crippen molar-refractivity contribution in [2.24, 2.45) is 0 Å². The highest BCUT2D eigenvalue weighted by Gasteiger charge is 2.32. The van der Waals surface area contributed by atoms with Gasteiger partial charge in [0.2, 0.25) is 0 Å². The average molecular weight is 416 g/mol. The van der Waals surface area contributed by atoms with Crippen LogP contribution < -0.4 is 0 Å². The van der Waals surface area contributed by atoms with Crippen LogP contribution in [0.2, 0.25) is 10.0 Å². The number of aromatic amines is 1. The van der Waals surface area contributed by atoms with E-state index in [-0.39, 0.29) is 18.0 Å². The zero-order valence-corrected chi connectivity index (χ0v) is 17.5. The number of nitrogens with one attached hydrogen (secondary N) is 1. The molecule has 28 heavy (non-hydrogen) atoms. The standard InChI is InChI=1S/C22H23Cl2N3O/c1-14-12-27(15(2)11-26(14)13-16-3-5-18(23)6-4-16)22(28)21-10-17-9-19(24)7-8-20(17)25-21/h3-10,14-15,25H,11-13H2,1-2H3. The molecule has 1 aliphatic rings. The van der Waals surface area contributed by atoms with Crippen molar-refractivity contribution in [1.82, 2.24) is 14.8 Å². The second kappa shape index (κ2) is 7.78. The van der Waals surface area contributed by atoms with Crippen LogP contribution in [0.4, 0.5) is 0 Å². The molecule has 1 aliphatic heterocycles. The molecule has 2 aromatic carbocycles. The Hall–Kier alpha value is -2.01. The second-order valence-electron chi connectivity index (χ2n) is 7.63. The summed E-state index contributed by atoms with van der Waals surface area (Å²) >= 11 is 12.1. The van der Waals surface area contributed by atoms with Gasteiger partial charge in [-0.15, -0.1) is 0 Å². The third kappa shape index (κ3) is 3.90. The molecular formula is C22H23Cl2N3O. The smallest absolute Gasteiger partial charge is 0.270 e. The lowest BCUT2D eigenvalue weighted by atomic mass is 10.1. The Bertz CT molecular complexity index is 999. The summed E-state index contributed by atoms with van der Waals surface area (Å²) in [6, 6.07) is 15.9. The van der Waals surface area contributed by atoms with Crippen LogP contribution in [0, 0.1) is 0 Å². The number of hydrogen-bond donors (Lipinski definition) is 1. The minimum atomic E-state index is 0.0396.